The molecule has 164 valence electrons. The molecule has 5 nitrogen and oxygen atoms in total. The molecule has 0 spiro atoms. The fourth-order valence-electron chi connectivity index (χ4n) is 4.55. The minimum absolute atomic E-state index is 0.0374. The summed E-state index contributed by atoms with van der Waals surface area (Å²) in [5.41, 5.74) is 0.896. The minimum Gasteiger partial charge on any atom is -0.507 e. The molecule has 1 aliphatic rings. The number of carbonyl (C=O) groups is 1. The molecular weight excluding hydrogens is 364 g/mol. The second-order valence-corrected chi connectivity index (χ2v) is 12.0. The summed E-state index contributed by atoms with van der Waals surface area (Å²) < 4.78 is 0. The Labute approximate surface area is 176 Å². The van der Waals surface area contributed by atoms with Crippen LogP contribution in [-0.4, -0.2) is 32.4 Å². The van der Waals surface area contributed by atoms with E-state index in [0.29, 0.717) is 24.3 Å². The van der Waals surface area contributed by atoms with E-state index < -0.39 is 11.1 Å². The van der Waals surface area contributed by atoms with Crippen molar-refractivity contribution < 1.29 is 15.1 Å². The Morgan fingerprint density at radius 1 is 0.966 bits per heavy atom. The number of hydrogen-bond donors (Lipinski definition) is 3. The highest BCUT2D eigenvalue weighted by molar-refractivity contribution is 5.93. The molecule has 0 aromatic heterocycles. The zero-order chi connectivity index (χ0) is 22.6. The number of benzene rings is 1. The van der Waals surface area contributed by atoms with Crippen molar-refractivity contribution in [1.29, 1.82) is 0 Å². The van der Waals surface area contributed by atoms with Crippen LogP contribution in [0.1, 0.15) is 93.2 Å². The average molecular weight is 405 g/mol. The number of amides is 1. The van der Waals surface area contributed by atoms with Gasteiger partial charge in [0.2, 0.25) is 5.91 Å². The Hall–Kier alpha value is -1.59. The first kappa shape index (κ1) is 23.7. The van der Waals surface area contributed by atoms with E-state index in [1.165, 1.54) is 5.06 Å². The number of aromatic hydroxyl groups is 1. The van der Waals surface area contributed by atoms with Gasteiger partial charge in [-0.05, 0) is 63.5 Å². The van der Waals surface area contributed by atoms with E-state index in [-0.39, 0.29) is 22.7 Å². The van der Waals surface area contributed by atoms with Gasteiger partial charge in [0.15, 0.2) is 0 Å². The molecule has 1 heterocycles. The summed E-state index contributed by atoms with van der Waals surface area (Å²) in [5, 5.41) is 25.9. The van der Waals surface area contributed by atoms with Crippen molar-refractivity contribution in [3.05, 3.63) is 23.3 Å². The molecule has 1 fully saturated rings. The molecule has 0 saturated carbocycles. The van der Waals surface area contributed by atoms with Gasteiger partial charge in [-0.15, -0.1) is 0 Å². The van der Waals surface area contributed by atoms with E-state index in [4.69, 9.17) is 0 Å². The highest BCUT2D eigenvalue weighted by Crippen LogP contribution is 2.43. The molecule has 0 aliphatic carbocycles. The van der Waals surface area contributed by atoms with Gasteiger partial charge in [0.05, 0.1) is 0 Å². The summed E-state index contributed by atoms with van der Waals surface area (Å²) in [6, 6.07) is 3.78. The number of phenolic OH excluding ortho intramolecular Hbond substituents is 1. The largest absolute Gasteiger partial charge is 0.507 e. The van der Waals surface area contributed by atoms with Crippen molar-refractivity contribution in [1.82, 2.24) is 5.06 Å². The third-order valence-electron chi connectivity index (χ3n) is 6.00. The average Bonchev–Trinajstić information content (AvgIpc) is 2.51. The van der Waals surface area contributed by atoms with E-state index in [0.717, 1.165) is 11.1 Å². The number of rotatable bonds is 2. The van der Waals surface area contributed by atoms with Crippen molar-refractivity contribution in [2.45, 2.75) is 104 Å². The van der Waals surface area contributed by atoms with Gasteiger partial charge in [-0.3, -0.25) is 4.79 Å². The van der Waals surface area contributed by atoms with Gasteiger partial charge in [-0.2, -0.15) is 5.06 Å². The Kier molecular flexibility index (Phi) is 5.94. The highest BCUT2D eigenvalue weighted by Gasteiger charge is 2.47. The van der Waals surface area contributed by atoms with Gasteiger partial charge in [0.1, 0.15) is 5.75 Å². The van der Waals surface area contributed by atoms with Gasteiger partial charge < -0.3 is 15.6 Å². The SMILES string of the molecule is CC(C)(C)c1cc(NC(=O)C2CC(C)(C)N(O)C(C)(C)C2)cc(C(C)(C)C)c1O. The first-order chi connectivity index (χ1) is 12.9. The van der Waals surface area contributed by atoms with Crippen LogP contribution in [-0.2, 0) is 15.6 Å². The molecule has 0 radical (unpaired) electrons. The van der Waals surface area contributed by atoms with Crippen LogP contribution in [0.25, 0.3) is 0 Å². The quantitative estimate of drug-likeness (QED) is 0.562. The molecule has 0 atom stereocenters. The van der Waals surface area contributed by atoms with Crippen LogP contribution in [0.15, 0.2) is 12.1 Å². The van der Waals surface area contributed by atoms with Gasteiger partial charge in [0, 0.05) is 33.8 Å². The number of hydroxylamine groups is 2. The second kappa shape index (κ2) is 7.28. The maximum atomic E-state index is 13.2. The van der Waals surface area contributed by atoms with Crippen molar-refractivity contribution in [3.63, 3.8) is 0 Å². The van der Waals surface area contributed by atoms with Crippen LogP contribution in [0.4, 0.5) is 5.69 Å². The van der Waals surface area contributed by atoms with Crippen LogP contribution in [0.5, 0.6) is 5.75 Å². The lowest BCUT2D eigenvalue weighted by atomic mass is 9.75. The Balaban J connectivity index is 2.40. The Bertz CT molecular complexity index is 729. The number of nitrogens with one attached hydrogen (secondary N) is 1. The summed E-state index contributed by atoms with van der Waals surface area (Å²) in [7, 11) is 0. The first-order valence-electron chi connectivity index (χ1n) is 10.5. The molecule has 1 aliphatic heterocycles. The molecule has 1 aromatic carbocycles. The Morgan fingerprint density at radius 3 is 1.69 bits per heavy atom. The molecular formula is C24H40N2O3. The predicted molar refractivity (Wildman–Crippen MR) is 119 cm³/mol. The number of phenols is 1. The zero-order valence-corrected chi connectivity index (χ0v) is 19.9. The molecule has 2 rings (SSSR count). The maximum Gasteiger partial charge on any atom is 0.227 e. The van der Waals surface area contributed by atoms with Gasteiger partial charge >= 0.3 is 0 Å². The highest BCUT2D eigenvalue weighted by atomic mass is 16.5. The van der Waals surface area contributed by atoms with E-state index in [9.17, 15) is 15.1 Å². The predicted octanol–water partition coefficient (Wildman–Crippen LogP) is 5.58. The lowest BCUT2D eigenvalue weighted by Gasteiger charge is -2.51. The molecule has 3 N–H and O–H groups in total. The standard InChI is InChI=1S/C24H40N2O3/c1-21(2,3)17-11-16(12-18(19(17)27)22(4,5)6)25-20(28)15-13-23(7,8)26(29)24(9,10)14-15/h11-12,15,27,29H,13-14H2,1-10H3,(H,25,28). The molecule has 5 heteroatoms. The summed E-state index contributed by atoms with van der Waals surface area (Å²) in [5.74, 6) is 0.0666. The minimum atomic E-state index is -0.480. The van der Waals surface area contributed by atoms with E-state index in [2.05, 4.69) is 46.9 Å². The molecule has 1 aromatic rings. The summed E-state index contributed by atoms with van der Waals surface area (Å²) >= 11 is 0. The van der Waals surface area contributed by atoms with Crippen molar-refractivity contribution in [3.8, 4) is 5.75 Å². The summed E-state index contributed by atoms with van der Waals surface area (Å²) in [6.45, 7) is 20.2. The van der Waals surface area contributed by atoms with Crippen molar-refractivity contribution >= 4 is 11.6 Å². The fraction of sp³-hybridized carbons (Fsp3) is 0.708. The second-order valence-electron chi connectivity index (χ2n) is 12.0. The zero-order valence-electron chi connectivity index (χ0n) is 19.9. The third kappa shape index (κ3) is 4.95. The topological polar surface area (TPSA) is 72.8 Å². The molecule has 0 bridgehead atoms. The van der Waals surface area contributed by atoms with Gasteiger partial charge in [-0.1, -0.05) is 41.5 Å². The van der Waals surface area contributed by atoms with Crippen LogP contribution < -0.4 is 5.32 Å². The summed E-state index contributed by atoms with van der Waals surface area (Å²) in [4.78, 5) is 13.2. The lowest BCUT2D eigenvalue weighted by molar-refractivity contribution is -0.249. The van der Waals surface area contributed by atoms with Crippen molar-refractivity contribution in [2.75, 3.05) is 5.32 Å². The molecule has 1 saturated heterocycles. The number of anilines is 1. The van der Waals surface area contributed by atoms with Gasteiger partial charge in [0.25, 0.3) is 0 Å². The normalized spacial score (nSPS) is 20.5. The third-order valence-corrected chi connectivity index (χ3v) is 6.00. The van der Waals surface area contributed by atoms with Crippen LogP contribution in [0, 0.1) is 5.92 Å². The van der Waals surface area contributed by atoms with E-state index in [1.807, 2.05) is 39.8 Å². The van der Waals surface area contributed by atoms with E-state index >= 15 is 0 Å². The Morgan fingerprint density at radius 2 is 1.34 bits per heavy atom. The smallest absolute Gasteiger partial charge is 0.227 e. The fourth-order valence-corrected chi connectivity index (χ4v) is 4.55. The summed E-state index contributed by atoms with van der Waals surface area (Å²) in [6.07, 6.45) is 1.16. The van der Waals surface area contributed by atoms with Crippen molar-refractivity contribution in [2.24, 2.45) is 5.92 Å². The first-order valence-corrected chi connectivity index (χ1v) is 10.5. The molecule has 1 amide bonds. The van der Waals surface area contributed by atoms with Crippen LogP contribution in [0.2, 0.25) is 0 Å². The number of carbonyl (C=O) groups excluding carboxylic acids is 1. The maximum absolute atomic E-state index is 13.2. The molecule has 29 heavy (non-hydrogen) atoms. The van der Waals surface area contributed by atoms with Crippen LogP contribution >= 0.6 is 0 Å². The van der Waals surface area contributed by atoms with E-state index in [1.54, 1.807) is 0 Å². The number of piperidine rings is 1. The monoisotopic (exact) mass is 404 g/mol. The lowest BCUT2D eigenvalue weighted by Crippen LogP contribution is -2.60. The van der Waals surface area contributed by atoms with Crippen LogP contribution in [0.3, 0.4) is 0 Å². The molecule has 0 unspecified atom stereocenters. The number of nitrogens with zero attached hydrogens (tertiary/aromatic N) is 1. The number of hydrogen-bond acceptors (Lipinski definition) is 4. The van der Waals surface area contributed by atoms with Gasteiger partial charge in [-0.25, -0.2) is 0 Å².